The molecule has 0 bridgehead atoms. The van der Waals surface area contributed by atoms with Crippen molar-refractivity contribution in [1.29, 1.82) is 0 Å². The van der Waals surface area contributed by atoms with Crippen LogP contribution in [0.5, 0.6) is 5.75 Å². The molecular weight excluding hydrogens is 446 g/mol. The topological polar surface area (TPSA) is 101 Å². The van der Waals surface area contributed by atoms with E-state index in [2.05, 4.69) is 37.7 Å². The molecule has 164 valence electrons. The van der Waals surface area contributed by atoms with Gasteiger partial charge in [0.1, 0.15) is 5.75 Å². The van der Waals surface area contributed by atoms with Gasteiger partial charge in [-0.25, -0.2) is 14.6 Å². The quantitative estimate of drug-likeness (QED) is 0.163. The van der Waals surface area contributed by atoms with E-state index in [0.29, 0.717) is 45.0 Å². The molecule has 10 heteroatoms. The average Bonchev–Trinajstić information content (AvgIpc) is 3.20. The summed E-state index contributed by atoms with van der Waals surface area (Å²) in [4.78, 5) is 9.28. The largest absolute Gasteiger partial charge is 0.507 e. The zero-order valence-corrected chi connectivity index (χ0v) is 19.2. The van der Waals surface area contributed by atoms with E-state index in [9.17, 15) is 5.11 Å². The van der Waals surface area contributed by atoms with Gasteiger partial charge in [0.25, 0.3) is 0 Å². The van der Waals surface area contributed by atoms with Gasteiger partial charge in [-0.1, -0.05) is 59.8 Å². The maximum atomic E-state index is 10.1. The fourth-order valence-electron chi connectivity index (χ4n) is 3.02. The van der Waals surface area contributed by atoms with Crippen molar-refractivity contribution in [3.8, 4) is 5.75 Å². The molecule has 32 heavy (non-hydrogen) atoms. The predicted molar refractivity (Wildman–Crippen MR) is 129 cm³/mol. The summed E-state index contributed by atoms with van der Waals surface area (Å²) in [5.74, 6) is 1.52. The highest BCUT2D eigenvalue weighted by Gasteiger charge is 2.16. The first-order chi connectivity index (χ1) is 15.5. The van der Waals surface area contributed by atoms with Gasteiger partial charge in [-0.3, -0.25) is 5.43 Å². The van der Waals surface area contributed by atoms with Crippen molar-refractivity contribution in [1.82, 2.24) is 25.0 Å². The molecule has 0 fully saturated rings. The Morgan fingerprint density at radius 3 is 2.69 bits per heavy atom. The van der Waals surface area contributed by atoms with Crippen LogP contribution in [0.2, 0.25) is 5.02 Å². The van der Waals surface area contributed by atoms with Crippen LogP contribution in [0.1, 0.15) is 31.4 Å². The van der Waals surface area contributed by atoms with Crippen molar-refractivity contribution in [2.24, 2.45) is 5.10 Å². The second-order valence-corrected chi connectivity index (χ2v) is 8.57. The highest BCUT2D eigenvalue weighted by molar-refractivity contribution is 7.99. The minimum Gasteiger partial charge on any atom is -0.507 e. The molecule has 0 saturated heterocycles. The minimum atomic E-state index is 0.163. The Hall–Kier alpha value is -3.17. The Bertz CT molecular complexity index is 1260. The van der Waals surface area contributed by atoms with Crippen molar-refractivity contribution in [2.45, 2.75) is 32.0 Å². The molecule has 4 aromatic rings. The maximum Gasteiger partial charge on any atom is 0.191 e. The van der Waals surface area contributed by atoms with E-state index in [1.165, 1.54) is 0 Å². The number of hydrazone groups is 1. The van der Waals surface area contributed by atoms with Gasteiger partial charge in [0, 0.05) is 16.3 Å². The van der Waals surface area contributed by atoms with E-state index in [-0.39, 0.29) is 5.75 Å². The SMILES string of the molecule is CCCSc1nc(N/N=C(\C)c2ccccc2O)c2nnn(Cc3ccc(Cl)cc3)c2n1. The van der Waals surface area contributed by atoms with Crippen LogP contribution in [0.15, 0.2) is 58.8 Å². The lowest BCUT2D eigenvalue weighted by Crippen LogP contribution is -2.05. The number of hydrogen-bond acceptors (Lipinski definition) is 8. The van der Waals surface area contributed by atoms with Gasteiger partial charge in [0.15, 0.2) is 22.1 Å². The number of hydrogen-bond donors (Lipinski definition) is 2. The second-order valence-electron chi connectivity index (χ2n) is 7.08. The average molecular weight is 468 g/mol. The summed E-state index contributed by atoms with van der Waals surface area (Å²) in [6.07, 6.45) is 1.00. The number of aromatic nitrogens is 5. The van der Waals surface area contributed by atoms with E-state index in [1.807, 2.05) is 37.3 Å². The number of phenols is 1. The number of aromatic hydroxyl groups is 1. The number of anilines is 1. The Morgan fingerprint density at radius 2 is 1.94 bits per heavy atom. The molecule has 0 aliphatic rings. The molecule has 2 aromatic heterocycles. The fourth-order valence-corrected chi connectivity index (χ4v) is 3.84. The number of rotatable bonds is 8. The molecular formula is C22H22ClN7OS. The number of phenolic OH excluding ortho intramolecular Hbond substituents is 1. The van der Waals surface area contributed by atoms with Gasteiger partial charge in [-0.2, -0.15) is 5.10 Å². The van der Waals surface area contributed by atoms with Gasteiger partial charge in [0.2, 0.25) is 0 Å². The summed E-state index contributed by atoms with van der Waals surface area (Å²) in [6, 6.07) is 14.6. The lowest BCUT2D eigenvalue weighted by Gasteiger charge is -2.08. The zero-order valence-electron chi connectivity index (χ0n) is 17.7. The van der Waals surface area contributed by atoms with Crippen molar-refractivity contribution in [3.05, 3.63) is 64.7 Å². The Balaban J connectivity index is 1.69. The summed E-state index contributed by atoms with van der Waals surface area (Å²) in [6.45, 7) is 4.42. The third kappa shape index (κ3) is 5.00. The summed E-state index contributed by atoms with van der Waals surface area (Å²) in [5.41, 5.74) is 6.42. The molecule has 2 aromatic carbocycles. The third-order valence-corrected chi connectivity index (χ3v) is 5.95. The van der Waals surface area contributed by atoms with Crippen molar-refractivity contribution in [3.63, 3.8) is 0 Å². The van der Waals surface area contributed by atoms with Gasteiger partial charge in [-0.15, -0.1) is 5.10 Å². The second kappa shape index (κ2) is 9.97. The number of para-hydroxylation sites is 1. The van der Waals surface area contributed by atoms with Crippen LogP contribution in [0.3, 0.4) is 0 Å². The highest BCUT2D eigenvalue weighted by atomic mass is 35.5. The van der Waals surface area contributed by atoms with Crippen LogP contribution < -0.4 is 5.43 Å². The van der Waals surface area contributed by atoms with Crippen molar-refractivity contribution >= 4 is 46.1 Å². The summed E-state index contributed by atoms with van der Waals surface area (Å²) < 4.78 is 1.74. The number of nitrogens with one attached hydrogen (secondary N) is 1. The normalized spacial score (nSPS) is 11.8. The van der Waals surface area contributed by atoms with Crippen LogP contribution in [0.4, 0.5) is 5.82 Å². The first kappa shape index (κ1) is 22.0. The molecule has 0 aliphatic heterocycles. The van der Waals surface area contributed by atoms with E-state index >= 15 is 0 Å². The van der Waals surface area contributed by atoms with Crippen LogP contribution >= 0.6 is 23.4 Å². The molecule has 0 aliphatic carbocycles. The molecule has 0 atom stereocenters. The molecule has 0 amide bonds. The number of nitrogens with zero attached hydrogens (tertiary/aromatic N) is 6. The molecule has 0 saturated carbocycles. The lowest BCUT2D eigenvalue weighted by atomic mass is 10.1. The number of halogens is 1. The number of thioether (sulfide) groups is 1. The van der Waals surface area contributed by atoms with Gasteiger partial charge < -0.3 is 5.11 Å². The van der Waals surface area contributed by atoms with E-state index in [4.69, 9.17) is 11.6 Å². The van der Waals surface area contributed by atoms with E-state index < -0.39 is 0 Å². The maximum absolute atomic E-state index is 10.1. The standard InChI is InChI=1S/C22H22ClN7OS/c1-3-12-32-22-24-20(28-26-14(2)17-6-4-5-7-18(17)31)19-21(25-22)30(29-27-19)13-15-8-10-16(23)11-9-15/h4-11,31H,3,12-13H2,1-2H3,(H,24,25,28)/b26-14+. The van der Waals surface area contributed by atoms with Crippen LogP contribution in [-0.2, 0) is 6.54 Å². The molecule has 0 unspecified atom stereocenters. The highest BCUT2D eigenvalue weighted by Crippen LogP contribution is 2.24. The van der Waals surface area contributed by atoms with Gasteiger partial charge in [0.05, 0.1) is 12.3 Å². The van der Waals surface area contributed by atoms with Crippen molar-refractivity contribution < 1.29 is 5.11 Å². The van der Waals surface area contributed by atoms with Crippen LogP contribution in [0.25, 0.3) is 11.2 Å². The number of benzene rings is 2. The molecule has 8 nitrogen and oxygen atoms in total. The summed E-state index contributed by atoms with van der Waals surface area (Å²) in [7, 11) is 0. The third-order valence-electron chi connectivity index (χ3n) is 4.65. The van der Waals surface area contributed by atoms with Gasteiger partial charge in [-0.05, 0) is 43.2 Å². The Kier molecular flexibility index (Phi) is 6.87. The molecule has 0 radical (unpaired) electrons. The smallest absolute Gasteiger partial charge is 0.191 e. The Morgan fingerprint density at radius 1 is 1.16 bits per heavy atom. The Labute approximate surface area is 194 Å². The molecule has 0 spiro atoms. The fraction of sp³-hybridized carbons (Fsp3) is 0.227. The van der Waals surface area contributed by atoms with Gasteiger partial charge >= 0.3 is 0 Å². The number of fused-ring (bicyclic) bond motifs is 1. The molecule has 4 rings (SSSR count). The monoisotopic (exact) mass is 467 g/mol. The summed E-state index contributed by atoms with van der Waals surface area (Å²) >= 11 is 7.56. The predicted octanol–water partition coefficient (Wildman–Crippen LogP) is 4.97. The molecule has 2 N–H and O–H groups in total. The van der Waals surface area contributed by atoms with Crippen LogP contribution in [0, 0.1) is 0 Å². The minimum absolute atomic E-state index is 0.163. The van der Waals surface area contributed by atoms with E-state index in [1.54, 1.807) is 34.6 Å². The lowest BCUT2D eigenvalue weighted by molar-refractivity contribution is 0.474. The zero-order chi connectivity index (χ0) is 22.5. The summed E-state index contributed by atoms with van der Waals surface area (Å²) in [5, 5.41) is 24.4. The first-order valence-corrected chi connectivity index (χ1v) is 11.5. The first-order valence-electron chi connectivity index (χ1n) is 10.1. The van der Waals surface area contributed by atoms with E-state index in [0.717, 1.165) is 17.7 Å². The van der Waals surface area contributed by atoms with Crippen molar-refractivity contribution in [2.75, 3.05) is 11.2 Å². The molecule has 2 heterocycles. The van der Waals surface area contributed by atoms with Crippen LogP contribution in [-0.4, -0.2) is 41.5 Å².